The standard InChI is InChI=1S/C30H31N7/c1-2-14-35(13-1)20-22-3-8-27-26(9-10-32-29(27)17-22)28-19-34-37-21-24(18-33-30(28)37)23-4-6-25(7-5-23)36-15-11-31-12-16-36/h3-10,17-19,21,31H,1-2,11-16,20H2. The van der Waals surface area contributed by atoms with Gasteiger partial charge in [0.15, 0.2) is 5.65 Å². The molecule has 5 aromatic rings. The van der Waals surface area contributed by atoms with Gasteiger partial charge >= 0.3 is 0 Å². The third-order valence-corrected chi connectivity index (χ3v) is 7.74. The van der Waals surface area contributed by atoms with Crippen molar-refractivity contribution in [1.29, 1.82) is 0 Å². The number of hydrogen-bond donors (Lipinski definition) is 1. The molecule has 0 saturated carbocycles. The summed E-state index contributed by atoms with van der Waals surface area (Å²) in [6.45, 7) is 7.56. The Labute approximate surface area is 216 Å². The second-order valence-corrected chi connectivity index (χ2v) is 10.1. The Hall–Kier alpha value is -3.81. The molecule has 0 atom stereocenters. The van der Waals surface area contributed by atoms with Crippen molar-refractivity contribution in [1.82, 2.24) is 29.8 Å². The molecule has 7 rings (SSSR count). The molecule has 2 aliphatic rings. The molecule has 3 aromatic heterocycles. The molecule has 5 heterocycles. The number of nitrogens with one attached hydrogen (secondary N) is 1. The molecule has 0 spiro atoms. The van der Waals surface area contributed by atoms with Crippen molar-refractivity contribution in [3.8, 4) is 22.3 Å². The highest BCUT2D eigenvalue weighted by atomic mass is 15.2. The normalized spacial score (nSPS) is 16.7. The van der Waals surface area contributed by atoms with Gasteiger partial charge in [-0.25, -0.2) is 9.50 Å². The third kappa shape index (κ3) is 4.34. The lowest BCUT2D eigenvalue weighted by molar-refractivity contribution is 0.331. The van der Waals surface area contributed by atoms with Crippen LogP contribution < -0.4 is 10.2 Å². The van der Waals surface area contributed by atoms with Crippen LogP contribution in [0, 0.1) is 0 Å². The first kappa shape index (κ1) is 22.4. The monoisotopic (exact) mass is 489 g/mol. The summed E-state index contributed by atoms with van der Waals surface area (Å²) in [4.78, 5) is 14.5. The molecule has 2 fully saturated rings. The molecule has 0 amide bonds. The van der Waals surface area contributed by atoms with Gasteiger partial charge in [0.05, 0.1) is 11.7 Å². The first-order chi connectivity index (χ1) is 18.3. The maximum absolute atomic E-state index is 4.85. The third-order valence-electron chi connectivity index (χ3n) is 7.74. The van der Waals surface area contributed by atoms with Gasteiger partial charge in [-0.1, -0.05) is 24.3 Å². The van der Waals surface area contributed by atoms with Gasteiger partial charge in [-0.3, -0.25) is 9.88 Å². The van der Waals surface area contributed by atoms with Gasteiger partial charge in [0.2, 0.25) is 0 Å². The van der Waals surface area contributed by atoms with Crippen LogP contribution in [0.3, 0.4) is 0 Å². The highest BCUT2D eigenvalue weighted by molar-refractivity contribution is 5.97. The van der Waals surface area contributed by atoms with Crippen LogP contribution in [-0.4, -0.2) is 63.8 Å². The number of piperazine rings is 1. The molecule has 7 nitrogen and oxygen atoms in total. The first-order valence-electron chi connectivity index (χ1n) is 13.3. The van der Waals surface area contributed by atoms with Gasteiger partial charge in [-0.2, -0.15) is 5.10 Å². The van der Waals surface area contributed by atoms with Gasteiger partial charge < -0.3 is 10.2 Å². The Kier molecular flexibility index (Phi) is 5.79. The van der Waals surface area contributed by atoms with Crippen molar-refractivity contribution >= 4 is 22.2 Å². The minimum Gasteiger partial charge on any atom is -0.369 e. The molecule has 2 aromatic carbocycles. The lowest BCUT2D eigenvalue weighted by atomic mass is 10.0. The van der Waals surface area contributed by atoms with E-state index in [2.05, 4.69) is 79.9 Å². The predicted octanol–water partition coefficient (Wildman–Crippen LogP) is 4.62. The first-order valence-corrected chi connectivity index (χ1v) is 13.3. The molecule has 37 heavy (non-hydrogen) atoms. The number of nitrogens with zero attached hydrogens (tertiary/aromatic N) is 6. The molecule has 0 radical (unpaired) electrons. The van der Waals surface area contributed by atoms with E-state index in [1.165, 1.54) is 37.2 Å². The maximum atomic E-state index is 4.85. The van der Waals surface area contributed by atoms with Gasteiger partial charge in [0.25, 0.3) is 0 Å². The van der Waals surface area contributed by atoms with Crippen molar-refractivity contribution in [3.63, 3.8) is 0 Å². The summed E-state index contributed by atoms with van der Waals surface area (Å²) in [5.74, 6) is 0. The van der Waals surface area contributed by atoms with Crippen molar-refractivity contribution < 1.29 is 0 Å². The minimum absolute atomic E-state index is 0.856. The molecule has 2 aliphatic heterocycles. The van der Waals surface area contributed by atoms with Gasteiger partial charge in [0.1, 0.15) is 0 Å². The Morgan fingerprint density at radius 1 is 0.784 bits per heavy atom. The number of aromatic nitrogens is 4. The van der Waals surface area contributed by atoms with Crippen LogP contribution >= 0.6 is 0 Å². The average Bonchev–Trinajstić information content (AvgIpc) is 3.63. The molecule has 0 aliphatic carbocycles. The Morgan fingerprint density at radius 3 is 2.46 bits per heavy atom. The Bertz CT molecular complexity index is 1540. The fraction of sp³-hybridized carbons (Fsp3) is 0.300. The topological polar surface area (TPSA) is 61.6 Å². The van der Waals surface area contributed by atoms with E-state index in [9.17, 15) is 0 Å². The minimum atomic E-state index is 0.856. The average molecular weight is 490 g/mol. The van der Waals surface area contributed by atoms with E-state index in [-0.39, 0.29) is 0 Å². The molecular weight excluding hydrogens is 458 g/mol. The van der Waals surface area contributed by atoms with Crippen molar-refractivity contribution in [3.05, 3.63) is 78.9 Å². The van der Waals surface area contributed by atoms with Crippen LogP contribution in [0.2, 0.25) is 0 Å². The van der Waals surface area contributed by atoms with Crippen LogP contribution in [0.5, 0.6) is 0 Å². The molecule has 0 bridgehead atoms. The van der Waals surface area contributed by atoms with Crippen LogP contribution in [0.4, 0.5) is 5.69 Å². The Balaban J connectivity index is 1.18. The number of benzene rings is 2. The molecule has 2 saturated heterocycles. The lowest BCUT2D eigenvalue weighted by Gasteiger charge is -2.29. The second kappa shape index (κ2) is 9.57. The fourth-order valence-corrected chi connectivity index (χ4v) is 5.73. The van der Waals surface area contributed by atoms with Crippen molar-refractivity contribution in [2.24, 2.45) is 0 Å². The van der Waals surface area contributed by atoms with E-state index >= 15 is 0 Å². The van der Waals surface area contributed by atoms with E-state index < -0.39 is 0 Å². The molecular formula is C30H31N7. The fourth-order valence-electron chi connectivity index (χ4n) is 5.73. The smallest absolute Gasteiger partial charge is 0.162 e. The highest BCUT2D eigenvalue weighted by Crippen LogP contribution is 2.32. The SMILES string of the molecule is c1cc(-c2cnn3cc(-c4ccc(N5CCNCC5)cc4)cnc23)c2ccc(CN3CCCC3)cc2n1. The largest absolute Gasteiger partial charge is 0.369 e. The summed E-state index contributed by atoms with van der Waals surface area (Å²) in [5.41, 5.74) is 8.82. The van der Waals surface area contributed by atoms with E-state index in [0.717, 1.165) is 71.5 Å². The maximum Gasteiger partial charge on any atom is 0.162 e. The van der Waals surface area contributed by atoms with Gasteiger partial charge in [-0.15, -0.1) is 0 Å². The van der Waals surface area contributed by atoms with Crippen LogP contribution in [-0.2, 0) is 6.54 Å². The summed E-state index contributed by atoms with van der Waals surface area (Å²) in [6, 6.07) is 17.5. The highest BCUT2D eigenvalue weighted by Gasteiger charge is 2.16. The van der Waals surface area contributed by atoms with Gasteiger partial charge in [-0.05, 0) is 66.9 Å². The van der Waals surface area contributed by atoms with Crippen molar-refractivity contribution in [2.45, 2.75) is 19.4 Å². The zero-order valence-electron chi connectivity index (χ0n) is 21.0. The number of likely N-dealkylation sites (tertiary alicyclic amines) is 1. The van der Waals surface area contributed by atoms with Crippen molar-refractivity contribution in [2.75, 3.05) is 44.2 Å². The number of rotatable bonds is 5. The lowest BCUT2D eigenvalue weighted by Crippen LogP contribution is -2.43. The zero-order chi connectivity index (χ0) is 24.6. The molecule has 0 unspecified atom stereocenters. The summed E-state index contributed by atoms with van der Waals surface area (Å²) in [7, 11) is 0. The Morgan fingerprint density at radius 2 is 1.62 bits per heavy atom. The quantitative estimate of drug-likeness (QED) is 0.389. The number of fused-ring (bicyclic) bond motifs is 2. The molecule has 7 heteroatoms. The van der Waals surface area contributed by atoms with Gasteiger partial charge in [0, 0.05) is 73.5 Å². The van der Waals surface area contributed by atoms with E-state index in [1.807, 2.05) is 23.1 Å². The zero-order valence-corrected chi connectivity index (χ0v) is 21.0. The molecule has 186 valence electrons. The van der Waals surface area contributed by atoms with Crippen LogP contribution in [0.1, 0.15) is 18.4 Å². The molecule has 1 N–H and O–H groups in total. The number of pyridine rings is 1. The number of anilines is 1. The predicted molar refractivity (Wildman–Crippen MR) is 149 cm³/mol. The number of hydrogen-bond acceptors (Lipinski definition) is 6. The summed E-state index contributed by atoms with van der Waals surface area (Å²) in [5, 5.41) is 9.23. The van der Waals surface area contributed by atoms with E-state index in [4.69, 9.17) is 4.98 Å². The van der Waals surface area contributed by atoms with Crippen LogP contribution in [0.15, 0.2) is 73.3 Å². The summed E-state index contributed by atoms with van der Waals surface area (Å²) < 4.78 is 1.89. The summed E-state index contributed by atoms with van der Waals surface area (Å²) >= 11 is 0. The van der Waals surface area contributed by atoms with Crippen LogP contribution in [0.25, 0.3) is 38.8 Å². The summed E-state index contributed by atoms with van der Waals surface area (Å²) in [6.07, 6.45) is 10.5. The van der Waals surface area contributed by atoms with E-state index in [0.29, 0.717) is 0 Å². The van der Waals surface area contributed by atoms with E-state index in [1.54, 1.807) is 0 Å². The second-order valence-electron chi connectivity index (χ2n) is 10.1.